The van der Waals surface area contributed by atoms with Gasteiger partial charge < -0.3 is 14.5 Å². The predicted octanol–water partition coefficient (Wildman–Crippen LogP) is 1.63. The third-order valence-corrected chi connectivity index (χ3v) is 4.20. The molecule has 1 aliphatic carbocycles. The van der Waals surface area contributed by atoms with Crippen molar-refractivity contribution in [1.29, 1.82) is 0 Å². The summed E-state index contributed by atoms with van der Waals surface area (Å²) in [5.41, 5.74) is 1.22. The maximum Gasteiger partial charge on any atom is 0.326 e. The van der Waals surface area contributed by atoms with Gasteiger partial charge in [-0.25, -0.2) is 4.79 Å². The second-order valence-corrected chi connectivity index (χ2v) is 5.49. The van der Waals surface area contributed by atoms with Gasteiger partial charge in [0.2, 0.25) is 0 Å². The zero-order chi connectivity index (χ0) is 14.1. The van der Waals surface area contributed by atoms with Gasteiger partial charge in [-0.05, 0) is 32.1 Å². The molecule has 1 fully saturated rings. The minimum Gasteiger partial charge on any atom is -0.480 e. The highest BCUT2D eigenvalue weighted by Crippen LogP contribution is 2.27. The van der Waals surface area contributed by atoms with Crippen LogP contribution < -0.4 is 0 Å². The molecule has 1 N–H and O–H groups in total. The second-order valence-electron chi connectivity index (χ2n) is 5.49. The van der Waals surface area contributed by atoms with Crippen LogP contribution in [0.2, 0.25) is 0 Å². The number of aromatic nitrogens is 1. The van der Waals surface area contributed by atoms with E-state index in [-0.39, 0.29) is 5.91 Å². The van der Waals surface area contributed by atoms with E-state index in [0.29, 0.717) is 18.7 Å². The van der Waals surface area contributed by atoms with Crippen molar-refractivity contribution in [3.63, 3.8) is 0 Å². The van der Waals surface area contributed by atoms with Gasteiger partial charge in [-0.2, -0.15) is 0 Å². The van der Waals surface area contributed by atoms with Crippen molar-refractivity contribution < 1.29 is 19.2 Å². The number of hydrogen-bond acceptors (Lipinski definition) is 4. The molecule has 0 radical (unpaired) electrons. The molecule has 0 bridgehead atoms. The Balaban J connectivity index is 1.87. The number of aryl methyl sites for hydroxylation is 1. The Bertz CT molecular complexity index is 537. The van der Waals surface area contributed by atoms with Crippen molar-refractivity contribution in [2.45, 2.75) is 51.0 Å². The zero-order valence-corrected chi connectivity index (χ0v) is 11.3. The molecule has 1 aromatic rings. The number of rotatable bonds is 2. The van der Waals surface area contributed by atoms with Crippen LogP contribution in [-0.2, 0) is 17.6 Å². The summed E-state index contributed by atoms with van der Waals surface area (Å²) < 4.78 is 5.30. The summed E-state index contributed by atoms with van der Waals surface area (Å²) in [6.07, 6.45) is 6.06. The number of carbonyl (C=O) groups excluding carboxylic acids is 1. The minimum absolute atomic E-state index is 0.290. The van der Waals surface area contributed by atoms with Crippen LogP contribution in [0.15, 0.2) is 4.52 Å². The first-order valence-corrected chi connectivity index (χ1v) is 7.19. The number of carboxylic acid groups (broad SMARTS) is 1. The normalized spacial score (nSPS) is 22.4. The molecule has 3 rings (SSSR count). The van der Waals surface area contributed by atoms with E-state index in [1.807, 2.05) is 0 Å². The lowest BCUT2D eigenvalue weighted by atomic mass is 10.1. The number of nitrogens with zero attached hydrogens (tertiary/aromatic N) is 2. The molecule has 1 aromatic heterocycles. The van der Waals surface area contributed by atoms with Crippen molar-refractivity contribution >= 4 is 11.9 Å². The zero-order valence-electron chi connectivity index (χ0n) is 11.3. The van der Waals surface area contributed by atoms with Crippen LogP contribution in [-0.4, -0.2) is 39.6 Å². The molecule has 0 spiro atoms. The number of fused-ring (bicyclic) bond motifs is 1. The summed E-state index contributed by atoms with van der Waals surface area (Å²) in [6, 6.07) is -0.722. The topological polar surface area (TPSA) is 83.6 Å². The van der Waals surface area contributed by atoms with Crippen molar-refractivity contribution in [2.24, 2.45) is 0 Å². The van der Waals surface area contributed by atoms with Crippen LogP contribution >= 0.6 is 0 Å². The second kappa shape index (κ2) is 5.26. The van der Waals surface area contributed by atoms with Crippen molar-refractivity contribution in [1.82, 2.24) is 10.1 Å². The average molecular weight is 278 g/mol. The van der Waals surface area contributed by atoms with Crippen LogP contribution in [0.1, 0.15) is 53.9 Å². The fourth-order valence-electron chi connectivity index (χ4n) is 3.13. The van der Waals surface area contributed by atoms with Crippen LogP contribution in [0.5, 0.6) is 0 Å². The predicted molar refractivity (Wildman–Crippen MR) is 69.5 cm³/mol. The molecule has 20 heavy (non-hydrogen) atoms. The molecule has 0 saturated carbocycles. The molecule has 6 heteroatoms. The van der Waals surface area contributed by atoms with Crippen molar-refractivity contribution in [2.75, 3.05) is 6.54 Å². The largest absolute Gasteiger partial charge is 0.480 e. The number of hydrogen-bond donors (Lipinski definition) is 1. The fourth-order valence-corrected chi connectivity index (χ4v) is 3.13. The van der Waals surface area contributed by atoms with E-state index in [2.05, 4.69) is 5.16 Å². The van der Waals surface area contributed by atoms with Crippen LogP contribution in [0, 0.1) is 0 Å². The molecule has 0 aromatic carbocycles. The first-order chi connectivity index (χ1) is 9.68. The maximum absolute atomic E-state index is 12.5. The minimum atomic E-state index is -0.939. The lowest BCUT2D eigenvalue weighted by Gasteiger charge is -2.20. The van der Waals surface area contributed by atoms with Crippen LogP contribution in [0.4, 0.5) is 0 Å². The Morgan fingerprint density at radius 2 is 2.00 bits per heavy atom. The molecule has 1 aliphatic heterocycles. The molecule has 1 unspecified atom stereocenters. The van der Waals surface area contributed by atoms with E-state index in [9.17, 15) is 14.7 Å². The third-order valence-electron chi connectivity index (χ3n) is 4.20. The lowest BCUT2D eigenvalue weighted by Crippen LogP contribution is -2.40. The Morgan fingerprint density at radius 3 is 2.80 bits per heavy atom. The summed E-state index contributed by atoms with van der Waals surface area (Å²) in [4.78, 5) is 25.2. The summed E-state index contributed by atoms with van der Waals surface area (Å²) >= 11 is 0. The van der Waals surface area contributed by atoms with Crippen molar-refractivity contribution in [3.8, 4) is 0 Å². The first-order valence-electron chi connectivity index (χ1n) is 7.19. The van der Waals surface area contributed by atoms with Gasteiger partial charge in [0.05, 0.1) is 0 Å². The molecule has 1 saturated heterocycles. The molecule has 2 aliphatic rings. The molecule has 2 heterocycles. The monoisotopic (exact) mass is 278 g/mol. The lowest BCUT2D eigenvalue weighted by molar-refractivity contribution is -0.141. The van der Waals surface area contributed by atoms with Gasteiger partial charge in [-0.15, -0.1) is 0 Å². The highest BCUT2D eigenvalue weighted by atomic mass is 16.5. The smallest absolute Gasteiger partial charge is 0.326 e. The average Bonchev–Trinajstić information content (AvgIpc) is 3.00. The van der Waals surface area contributed by atoms with E-state index in [1.54, 1.807) is 0 Å². The van der Waals surface area contributed by atoms with E-state index >= 15 is 0 Å². The van der Waals surface area contributed by atoms with E-state index < -0.39 is 12.0 Å². The summed E-state index contributed by atoms with van der Waals surface area (Å²) in [5, 5.41) is 13.1. The number of carboxylic acids is 1. The Hall–Kier alpha value is -1.85. The van der Waals surface area contributed by atoms with Crippen molar-refractivity contribution in [3.05, 3.63) is 17.0 Å². The highest BCUT2D eigenvalue weighted by Gasteiger charge is 2.37. The van der Waals surface area contributed by atoms with Gasteiger partial charge in [0, 0.05) is 18.5 Å². The van der Waals surface area contributed by atoms with E-state index in [1.165, 1.54) is 4.90 Å². The molecular formula is C14H18N2O4. The summed E-state index contributed by atoms with van der Waals surface area (Å²) in [7, 11) is 0. The molecule has 1 atom stereocenters. The first kappa shape index (κ1) is 13.1. The number of amides is 1. The van der Waals surface area contributed by atoms with E-state index in [4.69, 9.17) is 4.52 Å². The van der Waals surface area contributed by atoms with Gasteiger partial charge in [-0.3, -0.25) is 4.79 Å². The standard InChI is InChI=1S/C14H18N2O4/c17-13(16-8-4-6-10(16)14(18)19)12-9-5-2-1-3-7-11(9)20-15-12/h10H,1-8H2,(H,18,19). The molecule has 108 valence electrons. The number of aliphatic carboxylic acids is 1. The SMILES string of the molecule is O=C(O)C1CCCN1C(=O)c1noc2c1CCCCC2. The third kappa shape index (κ3) is 2.19. The van der Waals surface area contributed by atoms with Gasteiger partial charge in [0.1, 0.15) is 11.8 Å². The number of likely N-dealkylation sites (tertiary alicyclic amines) is 1. The quantitative estimate of drug-likeness (QED) is 0.831. The molecule has 6 nitrogen and oxygen atoms in total. The van der Waals surface area contributed by atoms with Crippen LogP contribution in [0.25, 0.3) is 0 Å². The number of carbonyl (C=O) groups is 2. The van der Waals surface area contributed by atoms with Gasteiger partial charge in [-0.1, -0.05) is 11.6 Å². The van der Waals surface area contributed by atoms with Gasteiger partial charge >= 0.3 is 5.97 Å². The van der Waals surface area contributed by atoms with Crippen LogP contribution in [0.3, 0.4) is 0 Å². The molecular weight excluding hydrogens is 260 g/mol. The fraction of sp³-hybridized carbons (Fsp3) is 0.643. The summed E-state index contributed by atoms with van der Waals surface area (Å²) in [6.45, 7) is 0.484. The van der Waals surface area contributed by atoms with Gasteiger partial charge in [0.15, 0.2) is 5.69 Å². The highest BCUT2D eigenvalue weighted by molar-refractivity contribution is 5.96. The summed E-state index contributed by atoms with van der Waals surface area (Å²) in [5.74, 6) is -0.427. The molecule has 1 amide bonds. The van der Waals surface area contributed by atoms with E-state index in [0.717, 1.165) is 49.8 Å². The van der Waals surface area contributed by atoms with Gasteiger partial charge in [0.25, 0.3) is 5.91 Å². The Morgan fingerprint density at radius 1 is 1.20 bits per heavy atom. The Labute approximate surface area is 116 Å². The Kier molecular flexibility index (Phi) is 3.46. The maximum atomic E-state index is 12.5.